The van der Waals surface area contributed by atoms with Crippen molar-refractivity contribution in [2.24, 2.45) is 4.99 Å². The van der Waals surface area contributed by atoms with Crippen molar-refractivity contribution in [1.29, 1.82) is 0 Å². The van der Waals surface area contributed by atoms with Crippen LogP contribution in [-0.4, -0.2) is 69.4 Å². The van der Waals surface area contributed by atoms with E-state index in [0.717, 1.165) is 24.4 Å². The molecule has 0 aliphatic carbocycles. The van der Waals surface area contributed by atoms with Gasteiger partial charge in [-0.05, 0) is 47.9 Å². The van der Waals surface area contributed by atoms with Crippen LogP contribution in [-0.2, 0) is 11.3 Å². The van der Waals surface area contributed by atoms with Crippen molar-refractivity contribution in [2.45, 2.75) is 39.8 Å². The molecule has 0 heterocycles. The third-order valence-corrected chi connectivity index (χ3v) is 3.61. The number of nitrogens with one attached hydrogen (secondary N) is 3. The van der Waals surface area contributed by atoms with Crippen LogP contribution in [0, 0.1) is 0 Å². The molecule has 0 radical (unpaired) electrons. The Kier molecular flexibility index (Phi) is 10.9. The average Bonchev–Trinajstić information content (AvgIpc) is 2.62. The SMILES string of the molecule is CCNC(=NCc1ccccc1OCCN(C)C)NCCNC(=O)OC(C)(C)C. The Morgan fingerprint density at radius 3 is 2.45 bits per heavy atom. The lowest BCUT2D eigenvalue weighted by Crippen LogP contribution is -2.42. The molecule has 0 unspecified atom stereocenters. The van der Waals surface area contributed by atoms with Gasteiger partial charge in [0, 0.05) is 31.7 Å². The van der Waals surface area contributed by atoms with Crippen LogP contribution < -0.4 is 20.7 Å². The number of aliphatic imine (C=N–C) groups is 1. The summed E-state index contributed by atoms with van der Waals surface area (Å²) in [6.45, 7) is 11.2. The Morgan fingerprint density at radius 2 is 1.79 bits per heavy atom. The summed E-state index contributed by atoms with van der Waals surface area (Å²) in [5, 5.41) is 9.13. The van der Waals surface area contributed by atoms with Gasteiger partial charge in [0.15, 0.2) is 5.96 Å². The zero-order valence-electron chi connectivity index (χ0n) is 18.7. The molecule has 1 rings (SSSR count). The minimum absolute atomic E-state index is 0.426. The first-order chi connectivity index (χ1) is 13.7. The highest BCUT2D eigenvalue weighted by Gasteiger charge is 2.15. The Balaban J connectivity index is 2.54. The maximum absolute atomic E-state index is 11.7. The zero-order valence-corrected chi connectivity index (χ0v) is 18.7. The van der Waals surface area contributed by atoms with Crippen molar-refractivity contribution in [1.82, 2.24) is 20.9 Å². The fourth-order valence-electron chi connectivity index (χ4n) is 2.28. The van der Waals surface area contributed by atoms with Crippen LogP contribution in [0.15, 0.2) is 29.3 Å². The van der Waals surface area contributed by atoms with Crippen molar-refractivity contribution in [3.05, 3.63) is 29.8 Å². The van der Waals surface area contributed by atoms with E-state index in [2.05, 4.69) is 25.8 Å². The number of alkyl carbamates (subject to hydrolysis) is 1. The molecule has 3 N–H and O–H groups in total. The Morgan fingerprint density at radius 1 is 1.10 bits per heavy atom. The summed E-state index contributed by atoms with van der Waals surface area (Å²) in [4.78, 5) is 18.4. The molecular formula is C21H37N5O3. The van der Waals surface area contributed by atoms with E-state index < -0.39 is 11.7 Å². The molecule has 0 saturated carbocycles. The van der Waals surface area contributed by atoms with Crippen molar-refractivity contribution in [3.8, 4) is 5.75 Å². The smallest absolute Gasteiger partial charge is 0.407 e. The maximum Gasteiger partial charge on any atom is 0.407 e. The fourth-order valence-corrected chi connectivity index (χ4v) is 2.28. The van der Waals surface area contributed by atoms with Crippen molar-refractivity contribution >= 4 is 12.1 Å². The number of likely N-dealkylation sites (N-methyl/N-ethyl adjacent to an activating group) is 1. The second-order valence-corrected chi connectivity index (χ2v) is 7.81. The molecule has 164 valence electrons. The topological polar surface area (TPSA) is 87.2 Å². The minimum atomic E-state index is -0.504. The predicted octanol–water partition coefficient (Wildman–Crippen LogP) is 2.21. The second-order valence-electron chi connectivity index (χ2n) is 7.81. The summed E-state index contributed by atoms with van der Waals surface area (Å²) in [6, 6.07) is 7.92. The summed E-state index contributed by atoms with van der Waals surface area (Å²) in [5.41, 5.74) is 0.519. The van der Waals surface area contributed by atoms with Gasteiger partial charge in [-0.25, -0.2) is 9.79 Å². The number of amides is 1. The molecule has 0 spiro atoms. The molecule has 0 saturated heterocycles. The number of hydrogen-bond acceptors (Lipinski definition) is 5. The van der Waals surface area contributed by atoms with Crippen LogP contribution in [0.2, 0.25) is 0 Å². The van der Waals surface area contributed by atoms with E-state index in [9.17, 15) is 4.79 Å². The number of hydrogen-bond donors (Lipinski definition) is 3. The van der Waals surface area contributed by atoms with Crippen molar-refractivity contribution in [2.75, 3.05) is 46.9 Å². The van der Waals surface area contributed by atoms with Crippen LogP contribution in [0.3, 0.4) is 0 Å². The van der Waals surface area contributed by atoms with Crippen LogP contribution in [0.5, 0.6) is 5.75 Å². The van der Waals surface area contributed by atoms with Gasteiger partial charge in [-0.3, -0.25) is 0 Å². The number of carbonyl (C=O) groups excluding carboxylic acids is 1. The number of nitrogens with zero attached hydrogens (tertiary/aromatic N) is 2. The molecule has 0 aromatic heterocycles. The average molecular weight is 408 g/mol. The van der Waals surface area contributed by atoms with Gasteiger partial charge in [0.25, 0.3) is 0 Å². The van der Waals surface area contributed by atoms with E-state index >= 15 is 0 Å². The first-order valence-corrected chi connectivity index (χ1v) is 10.1. The van der Waals surface area contributed by atoms with Gasteiger partial charge in [0.1, 0.15) is 18.0 Å². The largest absolute Gasteiger partial charge is 0.492 e. The Bertz CT molecular complexity index is 641. The monoisotopic (exact) mass is 407 g/mol. The molecule has 8 heteroatoms. The molecular weight excluding hydrogens is 370 g/mol. The number of carbonyl (C=O) groups is 1. The summed E-state index contributed by atoms with van der Waals surface area (Å²) < 4.78 is 11.1. The van der Waals surface area contributed by atoms with E-state index in [1.54, 1.807) is 0 Å². The highest BCUT2D eigenvalue weighted by Crippen LogP contribution is 2.18. The molecule has 8 nitrogen and oxygen atoms in total. The van der Waals surface area contributed by atoms with Gasteiger partial charge < -0.3 is 30.3 Å². The normalized spacial score (nSPS) is 11.9. The van der Waals surface area contributed by atoms with Gasteiger partial charge >= 0.3 is 6.09 Å². The van der Waals surface area contributed by atoms with Crippen LogP contribution in [0.4, 0.5) is 4.79 Å². The summed E-state index contributed by atoms with van der Waals surface area (Å²) in [5.74, 6) is 1.53. The van der Waals surface area contributed by atoms with Gasteiger partial charge in [0.2, 0.25) is 0 Å². The van der Waals surface area contributed by atoms with E-state index in [1.807, 2.05) is 66.1 Å². The molecule has 29 heavy (non-hydrogen) atoms. The van der Waals surface area contributed by atoms with Crippen LogP contribution in [0.25, 0.3) is 0 Å². The highest BCUT2D eigenvalue weighted by molar-refractivity contribution is 5.79. The molecule has 0 fully saturated rings. The molecule has 1 aromatic rings. The minimum Gasteiger partial charge on any atom is -0.492 e. The zero-order chi connectivity index (χ0) is 21.7. The molecule has 1 aromatic carbocycles. The van der Waals surface area contributed by atoms with Crippen molar-refractivity contribution < 1.29 is 14.3 Å². The molecule has 0 aliphatic rings. The van der Waals surface area contributed by atoms with Gasteiger partial charge in [-0.15, -0.1) is 0 Å². The first-order valence-electron chi connectivity index (χ1n) is 10.1. The maximum atomic E-state index is 11.7. The Hall–Kier alpha value is -2.48. The summed E-state index contributed by atoms with van der Waals surface area (Å²) >= 11 is 0. The lowest BCUT2D eigenvalue weighted by molar-refractivity contribution is 0.0529. The summed E-state index contributed by atoms with van der Waals surface area (Å²) in [7, 11) is 4.04. The number of rotatable bonds is 10. The lowest BCUT2D eigenvalue weighted by atomic mass is 10.2. The number of benzene rings is 1. The predicted molar refractivity (Wildman–Crippen MR) is 118 cm³/mol. The van der Waals surface area contributed by atoms with Crippen LogP contribution in [0.1, 0.15) is 33.3 Å². The van der Waals surface area contributed by atoms with Gasteiger partial charge in [-0.2, -0.15) is 0 Å². The third kappa shape index (κ3) is 11.8. The summed E-state index contributed by atoms with van der Waals surface area (Å²) in [6.07, 6.45) is -0.426. The van der Waals surface area contributed by atoms with E-state index in [4.69, 9.17) is 9.47 Å². The van der Waals surface area contributed by atoms with E-state index in [0.29, 0.717) is 32.2 Å². The fraction of sp³-hybridized carbons (Fsp3) is 0.619. The lowest BCUT2D eigenvalue weighted by Gasteiger charge is -2.20. The molecule has 0 aliphatic heterocycles. The van der Waals surface area contributed by atoms with Crippen LogP contribution >= 0.6 is 0 Å². The van der Waals surface area contributed by atoms with E-state index in [-0.39, 0.29) is 0 Å². The highest BCUT2D eigenvalue weighted by atomic mass is 16.6. The number of para-hydroxylation sites is 1. The quantitative estimate of drug-likeness (QED) is 0.313. The number of ether oxygens (including phenoxy) is 2. The Labute approximate surface area is 175 Å². The van der Waals surface area contributed by atoms with Gasteiger partial charge in [0.05, 0.1) is 6.54 Å². The molecule has 1 amide bonds. The first kappa shape index (κ1) is 24.6. The molecule has 0 atom stereocenters. The standard InChI is InChI=1S/C21H37N5O3/c1-7-22-19(23-12-13-24-20(27)29-21(2,3)4)25-16-17-10-8-9-11-18(17)28-15-14-26(5)6/h8-11H,7,12-16H2,1-6H3,(H,24,27)(H2,22,23,25). The second kappa shape index (κ2) is 12.9. The van der Waals surface area contributed by atoms with Crippen molar-refractivity contribution in [3.63, 3.8) is 0 Å². The van der Waals surface area contributed by atoms with Gasteiger partial charge in [-0.1, -0.05) is 18.2 Å². The number of guanidine groups is 1. The third-order valence-electron chi connectivity index (χ3n) is 3.61. The van der Waals surface area contributed by atoms with E-state index in [1.165, 1.54) is 0 Å². The molecule has 0 bridgehead atoms.